The van der Waals surface area contributed by atoms with Gasteiger partial charge in [-0.2, -0.15) is 17.7 Å². The maximum Gasteiger partial charge on any atom is 0.162 e. The number of benzene rings is 1. The second-order valence-electron chi connectivity index (χ2n) is 2.01. The molecule has 55 valence electrons. The SMILES string of the molecule is Cc1cc[c-]c([N+](=O)[O-])c1.[Y]. The van der Waals surface area contributed by atoms with Gasteiger partial charge in [0.2, 0.25) is 0 Å². The van der Waals surface area contributed by atoms with Crippen molar-refractivity contribution < 1.29 is 37.6 Å². The molecular weight excluding hydrogens is 219 g/mol. The quantitative estimate of drug-likeness (QED) is 0.414. The minimum Gasteiger partial charge on any atom is -0.260 e. The van der Waals surface area contributed by atoms with Crippen LogP contribution in [0.4, 0.5) is 5.69 Å². The van der Waals surface area contributed by atoms with Crippen LogP contribution >= 0.6 is 0 Å². The second kappa shape index (κ2) is 4.57. The molecule has 1 aromatic rings. The number of aryl methyl sites for hydroxylation is 1. The van der Waals surface area contributed by atoms with Crippen LogP contribution < -0.4 is 0 Å². The Balaban J connectivity index is 0.000001000. The molecule has 0 bridgehead atoms. The van der Waals surface area contributed by atoms with E-state index in [9.17, 15) is 10.1 Å². The van der Waals surface area contributed by atoms with Gasteiger partial charge < -0.3 is 0 Å². The first-order chi connectivity index (χ1) is 4.70. The van der Waals surface area contributed by atoms with Gasteiger partial charge in [-0.05, 0) is 0 Å². The Bertz CT molecular complexity index is 262. The zero-order valence-electron chi connectivity index (χ0n) is 6.07. The van der Waals surface area contributed by atoms with Gasteiger partial charge in [0.15, 0.2) is 5.69 Å². The van der Waals surface area contributed by atoms with Gasteiger partial charge in [-0.3, -0.25) is 10.1 Å². The molecule has 0 fully saturated rings. The normalized spacial score (nSPS) is 8.45. The molecule has 0 unspecified atom stereocenters. The molecule has 0 aliphatic carbocycles. The van der Waals surface area contributed by atoms with Gasteiger partial charge >= 0.3 is 0 Å². The first-order valence-electron chi connectivity index (χ1n) is 2.83. The molecule has 0 aliphatic rings. The average Bonchev–Trinajstić information content (AvgIpc) is 1.88. The first kappa shape index (κ1) is 10.7. The van der Waals surface area contributed by atoms with Crippen molar-refractivity contribution in [3.63, 3.8) is 0 Å². The Morgan fingerprint density at radius 2 is 2.27 bits per heavy atom. The fourth-order valence-corrected chi connectivity index (χ4v) is 0.669. The Morgan fingerprint density at radius 3 is 2.64 bits per heavy atom. The second-order valence-corrected chi connectivity index (χ2v) is 2.01. The molecule has 3 nitrogen and oxygen atoms in total. The van der Waals surface area contributed by atoms with Gasteiger partial charge in [-0.1, -0.05) is 13.0 Å². The largest absolute Gasteiger partial charge is 0.260 e. The average molecular weight is 225 g/mol. The summed E-state index contributed by atoms with van der Waals surface area (Å²) in [5.74, 6) is 0. The van der Waals surface area contributed by atoms with E-state index in [0.29, 0.717) is 0 Å². The van der Waals surface area contributed by atoms with Crippen LogP contribution in [0.15, 0.2) is 18.2 Å². The Labute approximate surface area is 89.8 Å². The van der Waals surface area contributed by atoms with Gasteiger partial charge in [0.05, 0.1) is 0 Å². The van der Waals surface area contributed by atoms with E-state index >= 15 is 0 Å². The van der Waals surface area contributed by atoms with Gasteiger partial charge in [0.25, 0.3) is 0 Å². The summed E-state index contributed by atoms with van der Waals surface area (Å²) in [6, 6.07) is 7.32. The minimum atomic E-state index is -0.451. The molecule has 4 heteroatoms. The third kappa shape index (κ3) is 3.08. The Hall–Kier alpha value is -0.276. The molecule has 0 spiro atoms. The zero-order valence-corrected chi connectivity index (χ0v) is 8.91. The number of nitrogens with zero attached hydrogens (tertiary/aromatic N) is 1. The number of rotatable bonds is 1. The van der Waals surface area contributed by atoms with E-state index < -0.39 is 4.92 Å². The fraction of sp³-hybridized carbons (Fsp3) is 0.143. The smallest absolute Gasteiger partial charge is 0.162 e. The molecule has 0 saturated heterocycles. The van der Waals surface area contributed by atoms with Crippen LogP contribution in [-0.2, 0) is 32.7 Å². The van der Waals surface area contributed by atoms with Gasteiger partial charge in [-0.15, -0.1) is 6.07 Å². The molecule has 1 radical (unpaired) electrons. The van der Waals surface area contributed by atoms with Crippen LogP contribution in [0.3, 0.4) is 0 Å². The topological polar surface area (TPSA) is 43.1 Å². The Kier molecular flexibility index (Phi) is 4.46. The molecule has 0 saturated carbocycles. The molecule has 0 amide bonds. The fourth-order valence-electron chi connectivity index (χ4n) is 0.669. The molecule has 1 aromatic carbocycles. The van der Waals surface area contributed by atoms with E-state index in [1.165, 1.54) is 6.07 Å². The predicted molar refractivity (Wildman–Crippen MR) is 36.7 cm³/mol. The van der Waals surface area contributed by atoms with Crippen LogP contribution in [0.2, 0.25) is 0 Å². The summed E-state index contributed by atoms with van der Waals surface area (Å²) < 4.78 is 0. The van der Waals surface area contributed by atoms with Crippen LogP contribution in [0.25, 0.3) is 0 Å². The standard InChI is InChI=1S/C7H6NO2.Y/c1-6-3-2-4-7(5-6)8(9)10;/h2-3,5H,1H3;/q-1;. The molecule has 0 atom stereocenters. The van der Waals surface area contributed by atoms with Crippen molar-refractivity contribution in [2.24, 2.45) is 0 Å². The zero-order chi connectivity index (χ0) is 7.56. The molecule has 0 heterocycles. The van der Waals surface area contributed by atoms with Gasteiger partial charge in [0, 0.05) is 37.6 Å². The van der Waals surface area contributed by atoms with Crippen LogP contribution in [-0.4, -0.2) is 4.92 Å². The third-order valence-corrected chi connectivity index (χ3v) is 1.14. The summed E-state index contributed by atoms with van der Waals surface area (Å²) in [6.45, 7) is 1.81. The van der Waals surface area contributed by atoms with Crippen molar-refractivity contribution in [3.8, 4) is 0 Å². The maximum absolute atomic E-state index is 10.1. The minimum absolute atomic E-state index is 0. The molecule has 0 aromatic heterocycles. The third-order valence-electron chi connectivity index (χ3n) is 1.14. The van der Waals surface area contributed by atoms with Crippen molar-refractivity contribution in [1.29, 1.82) is 0 Å². The molecule has 1 rings (SSSR count). The summed E-state index contributed by atoms with van der Waals surface area (Å²) in [6.07, 6.45) is 0. The number of nitro groups is 1. The van der Waals surface area contributed by atoms with Crippen LogP contribution in [0, 0.1) is 23.1 Å². The van der Waals surface area contributed by atoms with E-state index in [4.69, 9.17) is 0 Å². The number of non-ortho nitro benzene ring substituents is 1. The summed E-state index contributed by atoms with van der Waals surface area (Å²) in [4.78, 5) is 9.68. The van der Waals surface area contributed by atoms with Crippen molar-refractivity contribution in [3.05, 3.63) is 39.9 Å². The van der Waals surface area contributed by atoms with Crippen molar-refractivity contribution in [2.45, 2.75) is 6.92 Å². The summed E-state index contributed by atoms with van der Waals surface area (Å²) in [7, 11) is 0. The molecule has 0 N–H and O–H groups in total. The van der Waals surface area contributed by atoms with Gasteiger partial charge in [-0.25, -0.2) is 0 Å². The number of hydrogen-bond donors (Lipinski definition) is 0. The van der Waals surface area contributed by atoms with E-state index in [1.54, 1.807) is 19.1 Å². The van der Waals surface area contributed by atoms with E-state index in [0.717, 1.165) is 5.56 Å². The summed E-state index contributed by atoms with van der Waals surface area (Å²) in [5, 5.41) is 10.1. The maximum atomic E-state index is 10.1. The number of nitro benzene ring substituents is 1. The molecule has 0 aliphatic heterocycles. The monoisotopic (exact) mass is 225 g/mol. The summed E-state index contributed by atoms with van der Waals surface area (Å²) >= 11 is 0. The predicted octanol–water partition coefficient (Wildman–Crippen LogP) is 1.70. The molecule has 11 heavy (non-hydrogen) atoms. The van der Waals surface area contributed by atoms with Crippen LogP contribution in [0.1, 0.15) is 5.56 Å². The van der Waals surface area contributed by atoms with Crippen molar-refractivity contribution in [2.75, 3.05) is 0 Å². The molecular formula is C7H6NO2Y-. The number of hydrogen-bond acceptors (Lipinski definition) is 2. The van der Waals surface area contributed by atoms with E-state index in [2.05, 4.69) is 6.07 Å². The van der Waals surface area contributed by atoms with E-state index in [1.807, 2.05) is 0 Å². The van der Waals surface area contributed by atoms with E-state index in [-0.39, 0.29) is 38.4 Å². The van der Waals surface area contributed by atoms with Crippen LogP contribution in [0.5, 0.6) is 0 Å². The van der Waals surface area contributed by atoms with Crippen molar-refractivity contribution >= 4 is 5.69 Å². The summed E-state index contributed by atoms with van der Waals surface area (Å²) in [5.41, 5.74) is 0.908. The Morgan fingerprint density at radius 1 is 1.64 bits per heavy atom. The van der Waals surface area contributed by atoms with Crippen molar-refractivity contribution in [1.82, 2.24) is 0 Å². The van der Waals surface area contributed by atoms with Gasteiger partial charge in [0.1, 0.15) is 0 Å². The first-order valence-corrected chi connectivity index (χ1v) is 2.83.